The molecule has 0 spiro atoms. The van der Waals surface area contributed by atoms with Crippen LogP contribution in [0.1, 0.15) is 5.69 Å². The topological polar surface area (TPSA) is 123 Å². The quantitative estimate of drug-likeness (QED) is 0.548. The van der Waals surface area contributed by atoms with E-state index in [2.05, 4.69) is 20.0 Å². The molecule has 3 aromatic rings. The van der Waals surface area contributed by atoms with Gasteiger partial charge in [-0.1, -0.05) is 35.9 Å². The molecule has 4 rings (SSSR count). The minimum absolute atomic E-state index is 0.0898. The normalized spacial score (nSPS) is 14.1. The zero-order valence-corrected chi connectivity index (χ0v) is 18.1. The van der Waals surface area contributed by atoms with Crippen molar-refractivity contribution in [2.45, 2.75) is 11.8 Å². The third-order valence-electron chi connectivity index (χ3n) is 4.45. The molecule has 32 heavy (non-hydrogen) atoms. The van der Waals surface area contributed by atoms with Crippen molar-refractivity contribution in [2.24, 2.45) is 0 Å². The Labute approximate surface area is 188 Å². The third kappa shape index (κ3) is 4.18. The molecule has 0 saturated heterocycles. The van der Waals surface area contributed by atoms with Gasteiger partial charge in [-0.05, 0) is 55.2 Å². The molecule has 2 amide bonds. The summed E-state index contributed by atoms with van der Waals surface area (Å²) in [5.74, 6) is -1.43. The second kappa shape index (κ2) is 8.40. The number of nitrogens with one attached hydrogen (secondary N) is 1. The van der Waals surface area contributed by atoms with Crippen molar-refractivity contribution in [2.75, 3.05) is 10.2 Å². The molecular formula is C21H15ClN5O4S-. The second-order valence-corrected chi connectivity index (χ2v) is 8.67. The third-order valence-corrected chi connectivity index (χ3v) is 6.07. The first-order valence-electron chi connectivity index (χ1n) is 9.24. The van der Waals surface area contributed by atoms with Crippen LogP contribution in [0.3, 0.4) is 0 Å². The first-order valence-corrected chi connectivity index (χ1v) is 11.1. The van der Waals surface area contributed by atoms with Gasteiger partial charge in [0.15, 0.2) is 0 Å². The summed E-state index contributed by atoms with van der Waals surface area (Å²) in [5.41, 5.74) is 1.23. The zero-order chi connectivity index (χ0) is 22.9. The zero-order valence-electron chi connectivity index (χ0n) is 16.6. The largest absolute Gasteiger partial charge is 0.366 e. The summed E-state index contributed by atoms with van der Waals surface area (Å²) in [7, 11) is -4.04. The monoisotopic (exact) mass is 468 g/mol. The summed E-state index contributed by atoms with van der Waals surface area (Å²) in [4.78, 5) is 33.9. The maximum atomic E-state index is 12.8. The van der Waals surface area contributed by atoms with Crippen LogP contribution in [0.25, 0.3) is 4.72 Å². The molecule has 162 valence electrons. The van der Waals surface area contributed by atoms with Gasteiger partial charge in [0.1, 0.15) is 10.7 Å². The molecule has 0 atom stereocenters. The van der Waals surface area contributed by atoms with Gasteiger partial charge < -0.3 is 15.3 Å². The lowest BCUT2D eigenvalue weighted by atomic mass is 10.3. The van der Waals surface area contributed by atoms with E-state index in [0.717, 1.165) is 4.90 Å². The number of para-hydroxylation sites is 1. The highest BCUT2D eigenvalue weighted by Crippen LogP contribution is 2.31. The Balaban J connectivity index is 1.52. The molecule has 1 aromatic heterocycles. The Bertz CT molecular complexity index is 1340. The summed E-state index contributed by atoms with van der Waals surface area (Å²) in [6.07, 6.45) is 1.42. The summed E-state index contributed by atoms with van der Waals surface area (Å²) in [5, 5.41) is 2.53. The van der Waals surface area contributed by atoms with Gasteiger partial charge in [0.25, 0.3) is 11.8 Å². The molecule has 0 saturated carbocycles. The van der Waals surface area contributed by atoms with Gasteiger partial charge in [-0.2, -0.15) is 0 Å². The second-order valence-electron chi connectivity index (χ2n) is 6.68. The number of aryl methyl sites for hydroxylation is 1. The highest BCUT2D eigenvalue weighted by molar-refractivity contribution is 7.94. The summed E-state index contributed by atoms with van der Waals surface area (Å²) >= 11 is 6.11. The van der Waals surface area contributed by atoms with Gasteiger partial charge in [-0.15, -0.1) is 0 Å². The van der Waals surface area contributed by atoms with Crippen molar-refractivity contribution in [3.63, 3.8) is 0 Å². The molecule has 2 heterocycles. The van der Waals surface area contributed by atoms with Crippen LogP contribution in [0, 0.1) is 6.92 Å². The highest BCUT2D eigenvalue weighted by atomic mass is 35.5. The molecule has 1 N–H and O–H groups in total. The number of aromatic nitrogens is 2. The van der Waals surface area contributed by atoms with Crippen molar-refractivity contribution in [3.8, 4) is 0 Å². The van der Waals surface area contributed by atoms with Crippen LogP contribution in [-0.4, -0.2) is 30.2 Å². The SMILES string of the molecule is Cc1ccnc([N-]S(=O)(=O)c2ccc(NC3=C(Cl)C(=O)N(c4ccccc4)C3=O)cc2)n1. The van der Waals surface area contributed by atoms with Crippen LogP contribution in [0.5, 0.6) is 0 Å². The Kier molecular flexibility index (Phi) is 5.64. The van der Waals surface area contributed by atoms with E-state index < -0.39 is 21.8 Å². The summed E-state index contributed by atoms with van der Waals surface area (Å²) in [6.45, 7) is 1.70. The minimum atomic E-state index is -4.04. The predicted octanol–water partition coefficient (Wildman–Crippen LogP) is 3.61. The van der Waals surface area contributed by atoms with E-state index in [9.17, 15) is 18.0 Å². The fraction of sp³-hybridized carbons (Fsp3) is 0.0476. The van der Waals surface area contributed by atoms with E-state index >= 15 is 0 Å². The number of amides is 2. The fourth-order valence-electron chi connectivity index (χ4n) is 2.92. The number of hydrogen-bond acceptors (Lipinski definition) is 7. The van der Waals surface area contributed by atoms with Crippen LogP contribution >= 0.6 is 11.6 Å². The average molecular weight is 469 g/mol. The molecule has 1 aliphatic rings. The molecular weight excluding hydrogens is 454 g/mol. The van der Waals surface area contributed by atoms with Gasteiger partial charge >= 0.3 is 0 Å². The van der Waals surface area contributed by atoms with E-state index in [4.69, 9.17) is 11.6 Å². The maximum absolute atomic E-state index is 12.8. The highest BCUT2D eigenvalue weighted by Gasteiger charge is 2.38. The van der Waals surface area contributed by atoms with Crippen molar-refractivity contribution in [3.05, 3.63) is 88.0 Å². The van der Waals surface area contributed by atoms with Crippen molar-refractivity contribution < 1.29 is 18.0 Å². The van der Waals surface area contributed by atoms with E-state index in [1.54, 1.807) is 43.3 Å². The van der Waals surface area contributed by atoms with Crippen molar-refractivity contribution in [1.82, 2.24) is 9.97 Å². The number of carbonyl (C=O) groups excluding carboxylic acids is 2. The van der Waals surface area contributed by atoms with Gasteiger partial charge in [0, 0.05) is 11.6 Å². The van der Waals surface area contributed by atoms with Crippen LogP contribution in [0.2, 0.25) is 0 Å². The van der Waals surface area contributed by atoms with Crippen molar-refractivity contribution >= 4 is 50.8 Å². The van der Waals surface area contributed by atoms with Crippen LogP contribution in [-0.2, 0) is 19.6 Å². The van der Waals surface area contributed by atoms with E-state index in [0.29, 0.717) is 17.1 Å². The number of benzene rings is 2. The standard InChI is InChI=1S/C21H16ClN5O4S/c1-13-11-12-23-21(24-13)26-32(30,31)16-9-7-14(8-10-16)25-18-17(22)19(28)27(20(18)29)15-5-3-2-4-6-15/h2-12H,1H3,(H2,23,24,25,26,28)/p-1. The summed E-state index contributed by atoms with van der Waals surface area (Å²) < 4.78 is 28.7. The predicted molar refractivity (Wildman–Crippen MR) is 119 cm³/mol. The molecule has 11 heteroatoms. The molecule has 0 unspecified atom stereocenters. The smallest absolute Gasteiger partial charge is 0.283 e. The molecule has 2 aromatic carbocycles. The summed E-state index contributed by atoms with van der Waals surface area (Å²) in [6, 6.07) is 15.5. The molecule has 1 aliphatic heterocycles. The number of rotatable bonds is 6. The molecule has 0 fully saturated rings. The van der Waals surface area contributed by atoms with Crippen LogP contribution in [0.4, 0.5) is 17.3 Å². The maximum Gasteiger partial charge on any atom is 0.283 e. The van der Waals surface area contributed by atoms with E-state index in [1.165, 1.54) is 30.5 Å². The van der Waals surface area contributed by atoms with Gasteiger partial charge in [-0.25, -0.2) is 13.3 Å². The number of imide groups is 1. The van der Waals surface area contributed by atoms with Crippen molar-refractivity contribution in [1.29, 1.82) is 0 Å². The van der Waals surface area contributed by atoms with E-state index in [-0.39, 0.29) is 21.6 Å². The molecule has 0 radical (unpaired) electrons. The number of nitrogens with zero attached hydrogens (tertiary/aromatic N) is 4. The number of halogens is 1. The van der Waals surface area contributed by atoms with Crippen LogP contribution < -0.4 is 10.2 Å². The number of carbonyl (C=O) groups is 2. The Morgan fingerprint density at radius 1 is 0.969 bits per heavy atom. The molecule has 0 bridgehead atoms. The van der Waals surface area contributed by atoms with Gasteiger partial charge in [0.05, 0.1) is 10.6 Å². The Morgan fingerprint density at radius 2 is 1.66 bits per heavy atom. The number of sulfonamides is 1. The van der Waals surface area contributed by atoms with Gasteiger partial charge in [-0.3, -0.25) is 14.3 Å². The average Bonchev–Trinajstić information content (AvgIpc) is 2.97. The van der Waals surface area contributed by atoms with Crippen LogP contribution in [0.15, 0.2) is 82.5 Å². The lowest BCUT2D eigenvalue weighted by molar-refractivity contribution is -0.120. The first-order chi connectivity index (χ1) is 15.3. The lowest BCUT2D eigenvalue weighted by Gasteiger charge is -2.15. The molecule has 9 nitrogen and oxygen atoms in total. The Hall–Kier alpha value is -3.76. The van der Waals surface area contributed by atoms with E-state index in [1.807, 2.05) is 0 Å². The molecule has 0 aliphatic carbocycles. The Morgan fingerprint density at radius 3 is 2.31 bits per heavy atom. The number of anilines is 2. The first kappa shape index (κ1) is 21.5. The number of hydrogen-bond donors (Lipinski definition) is 1. The lowest BCUT2D eigenvalue weighted by Crippen LogP contribution is -2.32. The fourth-order valence-corrected chi connectivity index (χ4v) is 4.02. The van der Waals surface area contributed by atoms with Gasteiger partial charge in [0.2, 0.25) is 10.0 Å². The minimum Gasteiger partial charge on any atom is -0.366 e.